The van der Waals surface area contributed by atoms with Gasteiger partial charge in [0, 0.05) is 11.3 Å². The molecule has 0 unspecified atom stereocenters. The summed E-state index contributed by atoms with van der Waals surface area (Å²) in [7, 11) is -2.72. The first-order valence-corrected chi connectivity index (χ1v) is 11.2. The van der Waals surface area contributed by atoms with E-state index in [1.807, 2.05) is 0 Å². The lowest BCUT2D eigenvalue weighted by Crippen LogP contribution is -2.16. The minimum absolute atomic E-state index is 0.0682. The number of ether oxygens (including phenoxy) is 2. The first-order chi connectivity index (χ1) is 15.3. The van der Waals surface area contributed by atoms with Crippen LogP contribution in [0.3, 0.4) is 0 Å². The highest BCUT2D eigenvalue weighted by Crippen LogP contribution is 2.29. The van der Waals surface area contributed by atoms with Crippen LogP contribution in [-0.4, -0.2) is 34.0 Å². The number of rotatable bonds is 8. The minimum atomic E-state index is -3.98. The number of sulfonamides is 1. The Labute approximate surface area is 186 Å². The van der Waals surface area contributed by atoms with Gasteiger partial charge in [-0.2, -0.15) is 0 Å². The zero-order chi connectivity index (χ0) is 23.1. The van der Waals surface area contributed by atoms with E-state index in [1.165, 1.54) is 49.6 Å². The molecule has 166 valence electrons. The van der Waals surface area contributed by atoms with Crippen molar-refractivity contribution in [3.05, 3.63) is 83.9 Å². The highest BCUT2D eigenvalue weighted by molar-refractivity contribution is 7.92. The van der Waals surface area contributed by atoms with Gasteiger partial charge in [0.05, 0.1) is 29.9 Å². The third kappa shape index (κ3) is 5.44. The van der Waals surface area contributed by atoms with E-state index in [4.69, 9.17) is 4.74 Å². The number of hydrogen-bond acceptors (Lipinski definition) is 6. The second-order valence-corrected chi connectivity index (χ2v) is 8.27. The Hall–Kier alpha value is -3.85. The van der Waals surface area contributed by atoms with E-state index in [9.17, 15) is 18.0 Å². The van der Waals surface area contributed by atoms with E-state index >= 15 is 0 Å². The Bertz CT molecular complexity index is 1210. The number of hydrogen-bond donors (Lipinski definition) is 2. The molecule has 0 spiro atoms. The van der Waals surface area contributed by atoms with Crippen LogP contribution in [0.15, 0.2) is 77.7 Å². The molecule has 3 aromatic rings. The van der Waals surface area contributed by atoms with Gasteiger partial charge in [0.15, 0.2) is 0 Å². The van der Waals surface area contributed by atoms with Crippen LogP contribution in [0.2, 0.25) is 0 Å². The summed E-state index contributed by atoms with van der Waals surface area (Å²) in [5.41, 5.74) is 1.21. The van der Waals surface area contributed by atoms with Gasteiger partial charge in [0.25, 0.3) is 15.9 Å². The molecule has 0 saturated heterocycles. The quantitative estimate of drug-likeness (QED) is 0.499. The predicted molar refractivity (Wildman–Crippen MR) is 121 cm³/mol. The fourth-order valence-corrected chi connectivity index (χ4v) is 3.93. The first-order valence-electron chi connectivity index (χ1n) is 9.68. The molecule has 1 amide bonds. The molecule has 0 aliphatic heterocycles. The van der Waals surface area contributed by atoms with E-state index in [2.05, 4.69) is 14.8 Å². The molecule has 0 aliphatic rings. The third-order valence-corrected chi connectivity index (χ3v) is 5.78. The van der Waals surface area contributed by atoms with Gasteiger partial charge in [-0.15, -0.1) is 0 Å². The fraction of sp³-hybridized carbons (Fsp3) is 0.130. The van der Waals surface area contributed by atoms with Crippen molar-refractivity contribution in [1.82, 2.24) is 0 Å². The lowest BCUT2D eigenvalue weighted by molar-refractivity contribution is 0.0600. The van der Waals surface area contributed by atoms with Crippen molar-refractivity contribution >= 4 is 33.3 Å². The molecule has 32 heavy (non-hydrogen) atoms. The normalized spacial score (nSPS) is 10.8. The maximum absolute atomic E-state index is 12.9. The number of benzene rings is 3. The van der Waals surface area contributed by atoms with Gasteiger partial charge >= 0.3 is 5.97 Å². The molecule has 9 heteroatoms. The lowest BCUT2D eigenvalue weighted by Gasteiger charge is -2.14. The Morgan fingerprint density at radius 2 is 1.59 bits per heavy atom. The van der Waals surface area contributed by atoms with Gasteiger partial charge in [-0.25, -0.2) is 13.2 Å². The number of methoxy groups -OCH3 is 1. The molecule has 0 aliphatic carbocycles. The van der Waals surface area contributed by atoms with Crippen LogP contribution in [0.4, 0.5) is 11.4 Å². The molecule has 0 bridgehead atoms. The number of amides is 1. The van der Waals surface area contributed by atoms with Crippen molar-refractivity contribution in [2.24, 2.45) is 0 Å². The molecular formula is C23H22N2O6S. The Morgan fingerprint density at radius 3 is 2.22 bits per heavy atom. The van der Waals surface area contributed by atoms with Gasteiger partial charge < -0.3 is 14.8 Å². The van der Waals surface area contributed by atoms with Crippen molar-refractivity contribution < 1.29 is 27.5 Å². The topological polar surface area (TPSA) is 111 Å². The third-order valence-electron chi connectivity index (χ3n) is 4.40. The molecule has 2 N–H and O–H groups in total. The number of nitrogens with one attached hydrogen (secondary N) is 2. The van der Waals surface area contributed by atoms with Gasteiger partial charge in [0.2, 0.25) is 0 Å². The van der Waals surface area contributed by atoms with Gasteiger partial charge in [-0.3, -0.25) is 9.52 Å². The van der Waals surface area contributed by atoms with Gasteiger partial charge in [-0.1, -0.05) is 18.2 Å². The van der Waals surface area contributed by atoms with Gasteiger partial charge in [0.1, 0.15) is 5.75 Å². The smallest absolute Gasteiger partial charge is 0.337 e. The summed E-state index contributed by atoms with van der Waals surface area (Å²) in [6.45, 7) is 2.12. The maximum Gasteiger partial charge on any atom is 0.337 e. The molecule has 0 fully saturated rings. The second kappa shape index (κ2) is 9.97. The first kappa shape index (κ1) is 22.8. The highest BCUT2D eigenvalue weighted by Gasteiger charge is 2.19. The van der Waals surface area contributed by atoms with E-state index in [0.29, 0.717) is 23.5 Å². The standard InChI is InChI=1S/C23H22N2O6S/c1-3-31-21-14-13-19(15-20(21)24-22(26)16-7-5-4-6-8-16)32(28,29)25-18-11-9-17(10-12-18)23(27)30-2/h4-15,25H,3H2,1-2H3,(H,24,26). The molecule has 3 aromatic carbocycles. The van der Waals surface area contributed by atoms with Crippen LogP contribution in [0, 0.1) is 0 Å². The lowest BCUT2D eigenvalue weighted by atomic mass is 10.2. The zero-order valence-electron chi connectivity index (χ0n) is 17.5. The van der Waals surface area contributed by atoms with Crippen molar-refractivity contribution in [3.63, 3.8) is 0 Å². The van der Waals surface area contributed by atoms with Crippen molar-refractivity contribution in [2.75, 3.05) is 23.8 Å². The van der Waals surface area contributed by atoms with Crippen LogP contribution in [0.25, 0.3) is 0 Å². The molecular weight excluding hydrogens is 432 g/mol. The number of carbonyl (C=O) groups is 2. The second-order valence-electron chi connectivity index (χ2n) is 6.59. The fourth-order valence-electron chi connectivity index (χ4n) is 2.85. The summed E-state index contributed by atoms with van der Waals surface area (Å²) >= 11 is 0. The molecule has 0 radical (unpaired) electrons. The monoisotopic (exact) mass is 454 g/mol. The summed E-state index contributed by atoms with van der Waals surface area (Å²) in [4.78, 5) is 24.0. The van der Waals surface area contributed by atoms with Crippen molar-refractivity contribution in [3.8, 4) is 5.75 Å². The van der Waals surface area contributed by atoms with Crippen LogP contribution >= 0.6 is 0 Å². The van der Waals surface area contributed by atoms with E-state index in [-0.39, 0.29) is 16.3 Å². The summed E-state index contributed by atoms with van der Waals surface area (Å²) < 4.78 is 38.4. The summed E-state index contributed by atoms with van der Waals surface area (Å²) in [5, 5.41) is 2.71. The number of esters is 1. The van der Waals surface area contributed by atoms with Crippen LogP contribution in [-0.2, 0) is 14.8 Å². The number of anilines is 2. The zero-order valence-corrected chi connectivity index (χ0v) is 18.3. The molecule has 0 saturated carbocycles. The minimum Gasteiger partial charge on any atom is -0.492 e. The largest absolute Gasteiger partial charge is 0.492 e. The number of carbonyl (C=O) groups excluding carboxylic acids is 2. The average molecular weight is 455 g/mol. The van der Waals surface area contributed by atoms with Crippen LogP contribution < -0.4 is 14.8 Å². The predicted octanol–water partition coefficient (Wildman–Crippen LogP) is 3.93. The molecule has 0 heterocycles. The summed E-state index contributed by atoms with van der Waals surface area (Å²) in [5.74, 6) is -0.574. The van der Waals surface area contributed by atoms with E-state index < -0.39 is 21.9 Å². The van der Waals surface area contributed by atoms with Crippen molar-refractivity contribution in [1.29, 1.82) is 0 Å². The molecule has 0 aromatic heterocycles. The van der Waals surface area contributed by atoms with Crippen LogP contribution in [0.5, 0.6) is 5.75 Å². The van der Waals surface area contributed by atoms with Crippen molar-refractivity contribution in [2.45, 2.75) is 11.8 Å². The Kier molecular flexibility index (Phi) is 7.11. The Balaban J connectivity index is 1.87. The molecule has 3 rings (SSSR count). The summed E-state index contributed by atoms with van der Waals surface area (Å²) in [6, 6.07) is 18.6. The maximum atomic E-state index is 12.9. The molecule has 0 atom stereocenters. The summed E-state index contributed by atoms with van der Waals surface area (Å²) in [6.07, 6.45) is 0. The van der Waals surface area contributed by atoms with E-state index in [0.717, 1.165) is 0 Å². The molecule has 8 nitrogen and oxygen atoms in total. The Morgan fingerprint density at radius 1 is 0.906 bits per heavy atom. The highest BCUT2D eigenvalue weighted by atomic mass is 32.2. The van der Waals surface area contributed by atoms with Crippen LogP contribution in [0.1, 0.15) is 27.6 Å². The van der Waals surface area contributed by atoms with E-state index in [1.54, 1.807) is 37.3 Å². The van der Waals surface area contributed by atoms with Gasteiger partial charge in [-0.05, 0) is 61.5 Å². The average Bonchev–Trinajstić information content (AvgIpc) is 2.80. The SMILES string of the molecule is CCOc1ccc(S(=O)(=O)Nc2ccc(C(=O)OC)cc2)cc1NC(=O)c1ccccc1.